The molecule has 0 bridgehead atoms. The Bertz CT molecular complexity index is 1010. The molecule has 8 heteroatoms. The second-order valence-electron chi connectivity index (χ2n) is 6.75. The minimum atomic E-state index is -4.69. The van der Waals surface area contributed by atoms with Crippen molar-refractivity contribution in [1.29, 1.82) is 0 Å². The van der Waals surface area contributed by atoms with E-state index in [4.69, 9.17) is 4.74 Å². The third-order valence-corrected chi connectivity index (χ3v) is 4.90. The monoisotopic (exact) mass is 419 g/mol. The number of carbonyl (C=O) groups is 2. The molecule has 1 amide bonds. The first-order valence-corrected chi connectivity index (χ1v) is 9.22. The zero-order valence-corrected chi connectivity index (χ0v) is 16.4. The molecular formula is C22H20F3NO4. The first kappa shape index (κ1) is 21.4. The molecule has 3 rings (SSSR count). The molecule has 30 heavy (non-hydrogen) atoms. The molecule has 0 atom stereocenters. The van der Waals surface area contributed by atoms with Gasteiger partial charge >= 0.3 is 12.1 Å². The van der Waals surface area contributed by atoms with Crippen molar-refractivity contribution in [1.82, 2.24) is 0 Å². The molecule has 2 aromatic carbocycles. The van der Waals surface area contributed by atoms with Crippen LogP contribution in [0.15, 0.2) is 53.6 Å². The Morgan fingerprint density at radius 1 is 0.967 bits per heavy atom. The number of alkyl halides is 3. The van der Waals surface area contributed by atoms with Gasteiger partial charge in [-0.15, -0.1) is 0 Å². The highest BCUT2D eigenvalue weighted by atomic mass is 19.4. The van der Waals surface area contributed by atoms with Gasteiger partial charge in [0.2, 0.25) is 0 Å². The number of benzene rings is 2. The van der Waals surface area contributed by atoms with Crippen LogP contribution in [0.1, 0.15) is 24.8 Å². The summed E-state index contributed by atoms with van der Waals surface area (Å²) in [6, 6.07) is 10.3. The number of carbonyl (C=O) groups excluding carboxylic acids is 2. The summed E-state index contributed by atoms with van der Waals surface area (Å²) in [5.74, 6) is -0.850. The molecule has 1 aliphatic carbocycles. The van der Waals surface area contributed by atoms with Crippen LogP contribution in [0.5, 0.6) is 5.75 Å². The van der Waals surface area contributed by atoms with Gasteiger partial charge in [-0.3, -0.25) is 4.79 Å². The van der Waals surface area contributed by atoms with Gasteiger partial charge in [0.05, 0.1) is 25.5 Å². The number of methoxy groups -OCH3 is 2. The summed E-state index contributed by atoms with van der Waals surface area (Å²) in [6.07, 6.45) is -3.46. The van der Waals surface area contributed by atoms with Gasteiger partial charge in [0.15, 0.2) is 0 Å². The Kier molecular flexibility index (Phi) is 6.14. The van der Waals surface area contributed by atoms with Crippen LogP contribution >= 0.6 is 0 Å². The lowest BCUT2D eigenvalue weighted by Gasteiger charge is -2.16. The van der Waals surface area contributed by atoms with Crippen molar-refractivity contribution >= 4 is 17.6 Å². The van der Waals surface area contributed by atoms with Crippen molar-refractivity contribution in [3.05, 3.63) is 59.2 Å². The summed E-state index contributed by atoms with van der Waals surface area (Å²) >= 11 is 0. The third kappa shape index (κ3) is 4.48. The molecule has 1 aliphatic rings. The first-order valence-electron chi connectivity index (χ1n) is 9.22. The Hall–Kier alpha value is -3.29. The topological polar surface area (TPSA) is 64.6 Å². The summed E-state index contributed by atoms with van der Waals surface area (Å²) in [5.41, 5.74) is -0.112. The quantitative estimate of drug-likeness (QED) is 0.695. The molecule has 0 radical (unpaired) electrons. The lowest BCUT2D eigenvalue weighted by molar-refractivity contribution is -0.137. The van der Waals surface area contributed by atoms with Crippen molar-refractivity contribution in [2.75, 3.05) is 19.5 Å². The van der Waals surface area contributed by atoms with Gasteiger partial charge in [0.25, 0.3) is 5.91 Å². The minimum Gasteiger partial charge on any atom is -0.497 e. The first-order chi connectivity index (χ1) is 14.2. The highest BCUT2D eigenvalue weighted by Crippen LogP contribution is 2.38. The van der Waals surface area contributed by atoms with Gasteiger partial charge in [-0.2, -0.15) is 13.2 Å². The zero-order chi connectivity index (χ0) is 21.9. The fraction of sp³-hybridized carbons (Fsp3) is 0.273. The van der Waals surface area contributed by atoms with Crippen LogP contribution in [0.3, 0.4) is 0 Å². The molecule has 2 aromatic rings. The molecule has 5 nitrogen and oxygen atoms in total. The normalized spacial score (nSPS) is 13.9. The molecule has 1 N–H and O–H groups in total. The van der Waals surface area contributed by atoms with Crippen molar-refractivity contribution in [3.8, 4) is 16.9 Å². The minimum absolute atomic E-state index is 0.159. The van der Waals surface area contributed by atoms with Gasteiger partial charge in [0.1, 0.15) is 5.75 Å². The molecule has 0 saturated heterocycles. The van der Waals surface area contributed by atoms with Crippen LogP contribution in [0.25, 0.3) is 11.1 Å². The Labute approximate surface area is 171 Å². The van der Waals surface area contributed by atoms with E-state index in [-0.39, 0.29) is 16.8 Å². The summed E-state index contributed by atoms with van der Waals surface area (Å²) in [5, 5.41) is 2.32. The fourth-order valence-corrected chi connectivity index (χ4v) is 3.41. The van der Waals surface area contributed by atoms with Gasteiger partial charge in [-0.25, -0.2) is 4.79 Å². The predicted octanol–water partition coefficient (Wildman–Crippen LogP) is 4.97. The number of nitrogens with one attached hydrogen (secondary N) is 1. The lowest BCUT2D eigenvalue weighted by atomic mass is 10.0. The van der Waals surface area contributed by atoms with E-state index >= 15 is 0 Å². The van der Waals surface area contributed by atoms with Gasteiger partial charge < -0.3 is 14.8 Å². The van der Waals surface area contributed by atoms with Crippen molar-refractivity contribution in [2.45, 2.75) is 25.4 Å². The Morgan fingerprint density at radius 3 is 2.33 bits per heavy atom. The molecule has 0 unspecified atom stereocenters. The maximum Gasteiger partial charge on any atom is 0.418 e. The summed E-state index contributed by atoms with van der Waals surface area (Å²) in [6.45, 7) is 0. The molecule has 0 heterocycles. The molecule has 0 spiro atoms. The number of halogens is 3. The summed E-state index contributed by atoms with van der Waals surface area (Å²) in [4.78, 5) is 24.4. The number of hydrogen-bond acceptors (Lipinski definition) is 4. The number of anilines is 1. The lowest BCUT2D eigenvalue weighted by Crippen LogP contribution is -2.19. The van der Waals surface area contributed by atoms with E-state index in [2.05, 4.69) is 10.1 Å². The van der Waals surface area contributed by atoms with Crippen LogP contribution in [0.4, 0.5) is 18.9 Å². The van der Waals surface area contributed by atoms with E-state index in [1.165, 1.54) is 26.4 Å². The second-order valence-corrected chi connectivity index (χ2v) is 6.75. The van der Waals surface area contributed by atoms with E-state index in [0.717, 1.165) is 6.07 Å². The molecule has 0 aromatic heterocycles. The summed E-state index contributed by atoms with van der Waals surface area (Å²) < 4.78 is 50.9. The van der Waals surface area contributed by atoms with E-state index < -0.39 is 23.6 Å². The highest BCUT2D eigenvalue weighted by Gasteiger charge is 2.35. The number of rotatable bonds is 5. The predicted molar refractivity (Wildman–Crippen MR) is 105 cm³/mol. The Balaban J connectivity index is 1.97. The molecule has 0 saturated carbocycles. The Morgan fingerprint density at radius 2 is 1.67 bits per heavy atom. The molecule has 0 aliphatic heterocycles. The van der Waals surface area contributed by atoms with Gasteiger partial charge in [-0.05, 0) is 54.7 Å². The van der Waals surface area contributed by atoms with Gasteiger partial charge in [-0.1, -0.05) is 18.2 Å². The summed E-state index contributed by atoms with van der Waals surface area (Å²) in [7, 11) is 2.67. The number of amides is 1. The van der Waals surface area contributed by atoms with Crippen LogP contribution in [-0.2, 0) is 20.5 Å². The van der Waals surface area contributed by atoms with E-state index in [1.54, 1.807) is 24.3 Å². The molecular weight excluding hydrogens is 399 g/mol. The van der Waals surface area contributed by atoms with Crippen LogP contribution in [0.2, 0.25) is 0 Å². The fourth-order valence-electron chi connectivity index (χ4n) is 3.41. The standard InChI is InChI=1S/C22H20F3NO4/c1-29-15-6-3-5-13(11-15)14-9-10-19(18(12-14)22(23,24)25)26-20(27)16-7-4-8-17(16)21(28)30-2/h3,5-6,9-12H,4,7-8H2,1-2H3,(H,26,27). The maximum atomic E-state index is 13.7. The highest BCUT2D eigenvalue weighted by molar-refractivity contribution is 6.10. The van der Waals surface area contributed by atoms with Crippen LogP contribution in [0, 0.1) is 0 Å². The average molecular weight is 419 g/mol. The van der Waals surface area contributed by atoms with Crippen LogP contribution < -0.4 is 10.1 Å². The second kappa shape index (κ2) is 8.61. The zero-order valence-electron chi connectivity index (χ0n) is 16.4. The molecule has 158 valence electrons. The van der Waals surface area contributed by atoms with Crippen molar-refractivity contribution in [2.24, 2.45) is 0 Å². The largest absolute Gasteiger partial charge is 0.497 e. The van der Waals surface area contributed by atoms with Crippen molar-refractivity contribution in [3.63, 3.8) is 0 Å². The SMILES string of the molecule is COC(=O)C1=C(C(=O)Nc2ccc(-c3cccc(OC)c3)cc2C(F)(F)F)CCC1. The number of ether oxygens (including phenoxy) is 2. The van der Waals surface area contributed by atoms with Crippen molar-refractivity contribution < 1.29 is 32.2 Å². The average Bonchev–Trinajstić information content (AvgIpc) is 3.23. The maximum absolute atomic E-state index is 13.7. The number of esters is 1. The molecule has 0 fully saturated rings. The van der Waals surface area contributed by atoms with E-state index in [0.29, 0.717) is 36.1 Å². The van der Waals surface area contributed by atoms with E-state index in [9.17, 15) is 22.8 Å². The number of hydrogen-bond donors (Lipinski definition) is 1. The smallest absolute Gasteiger partial charge is 0.418 e. The van der Waals surface area contributed by atoms with E-state index in [1.807, 2.05) is 0 Å². The third-order valence-electron chi connectivity index (χ3n) is 4.90. The van der Waals surface area contributed by atoms with Gasteiger partial charge in [0, 0.05) is 11.1 Å². The van der Waals surface area contributed by atoms with Crippen LogP contribution in [-0.4, -0.2) is 26.1 Å².